The molecule has 41 heavy (non-hydrogen) atoms. The van der Waals surface area contributed by atoms with E-state index >= 15 is 0 Å². The molecule has 1 aliphatic carbocycles. The molecule has 3 atom stereocenters. The second-order valence-corrected chi connectivity index (χ2v) is 10.9. The Morgan fingerprint density at radius 1 is 0.951 bits per heavy atom. The molecule has 0 unspecified atom stereocenters. The number of carbonyl (C=O) groups excluding carboxylic acids is 2. The molecule has 1 aliphatic heterocycles. The van der Waals surface area contributed by atoms with Gasteiger partial charge < -0.3 is 19.9 Å². The first-order valence-corrected chi connectivity index (χ1v) is 14.7. The summed E-state index contributed by atoms with van der Waals surface area (Å²) < 4.78 is 13.0. The van der Waals surface area contributed by atoms with Crippen molar-refractivity contribution in [2.45, 2.75) is 88.9 Å². The van der Waals surface area contributed by atoms with E-state index in [2.05, 4.69) is 16.8 Å². The Labute approximate surface area is 242 Å². The summed E-state index contributed by atoms with van der Waals surface area (Å²) in [5.74, 6) is -0.584. The standard InChI is InChI=1S/C32H43N3O6/c1-2-19-35(27-7-3-4-8-27)21-28-20-29(24-13-11-23(22-36)12-14-24)41-32(40-28)25-15-17-26(18-16-25)33-30(37)9-5-6-10-31(38)34-39/h2,11-18,27-29,32,36,39H,1,3-10,19-22H2,(H,33,37)(H,34,38)/t28-,29+,32+/m1/s1. The highest BCUT2D eigenvalue weighted by Crippen LogP contribution is 2.39. The molecule has 0 radical (unpaired) electrons. The average molecular weight is 566 g/mol. The van der Waals surface area contributed by atoms with Crippen LogP contribution in [-0.4, -0.2) is 52.3 Å². The first-order chi connectivity index (χ1) is 20.0. The van der Waals surface area contributed by atoms with Crippen molar-refractivity contribution >= 4 is 17.5 Å². The topological polar surface area (TPSA) is 120 Å². The Hall–Kier alpha value is -3.08. The zero-order chi connectivity index (χ0) is 29.0. The largest absolute Gasteiger partial charge is 0.392 e. The van der Waals surface area contributed by atoms with Gasteiger partial charge in [0, 0.05) is 49.6 Å². The fourth-order valence-electron chi connectivity index (χ4n) is 5.68. The number of benzene rings is 2. The van der Waals surface area contributed by atoms with Crippen molar-refractivity contribution in [1.29, 1.82) is 0 Å². The molecule has 2 amide bonds. The Bertz CT molecular complexity index is 1120. The highest BCUT2D eigenvalue weighted by molar-refractivity contribution is 5.90. The summed E-state index contributed by atoms with van der Waals surface area (Å²) in [4.78, 5) is 25.9. The zero-order valence-corrected chi connectivity index (χ0v) is 23.7. The predicted octanol–water partition coefficient (Wildman–Crippen LogP) is 5.16. The van der Waals surface area contributed by atoms with Crippen LogP contribution < -0.4 is 10.8 Å². The van der Waals surface area contributed by atoms with Gasteiger partial charge in [0.05, 0.1) is 18.8 Å². The lowest BCUT2D eigenvalue weighted by molar-refractivity contribution is -0.253. The van der Waals surface area contributed by atoms with Gasteiger partial charge in [-0.2, -0.15) is 0 Å². The van der Waals surface area contributed by atoms with Gasteiger partial charge in [0.2, 0.25) is 11.8 Å². The molecule has 0 bridgehead atoms. The lowest BCUT2D eigenvalue weighted by Crippen LogP contribution is -2.43. The van der Waals surface area contributed by atoms with Crippen molar-refractivity contribution in [3.8, 4) is 0 Å². The molecule has 2 aliphatic rings. The minimum absolute atomic E-state index is 0.00181. The molecule has 0 spiro atoms. The van der Waals surface area contributed by atoms with Gasteiger partial charge in [0.15, 0.2) is 6.29 Å². The molecule has 1 saturated carbocycles. The molecule has 9 heteroatoms. The number of carbonyl (C=O) groups is 2. The minimum atomic E-state index is -0.562. The van der Waals surface area contributed by atoms with Crippen molar-refractivity contribution in [2.24, 2.45) is 0 Å². The fourth-order valence-corrected chi connectivity index (χ4v) is 5.68. The highest BCUT2D eigenvalue weighted by atomic mass is 16.7. The third-order valence-electron chi connectivity index (χ3n) is 7.91. The molecule has 1 heterocycles. The Morgan fingerprint density at radius 2 is 1.61 bits per heavy atom. The summed E-state index contributed by atoms with van der Waals surface area (Å²) in [5.41, 5.74) is 5.06. The van der Waals surface area contributed by atoms with E-state index in [-0.39, 0.29) is 37.6 Å². The maximum Gasteiger partial charge on any atom is 0.243 e. The number of aliphatic hydroxyl groups is 1. The van der Waals surface area contributed by atoms with E-state index < -0.39 is 12.2 Å². The van der Waals surface area contributed by atoms with E-state index in [1.165, 1.54) is 25.7 Å². The van der Waals surface area contributed by atoms with Crippen LogP contribution in [0.5, 0.6) is 0 Å². The predicted molar refractivity (Wildman–Crippen MR) is 156 cm³/mol. The van der Waals surface area contributed by atoms with E-state index in [9.17, 15) is 14.7 Å². The summed E-state index contributed by atoms with van der Waals surface area (Å²) in [6.07, 6.45) is 8.41. The van der Waals surface area contributed by atoms with Crippen LogP contribution in [0.15, 0.2) is 61.2 Å². The zero-order valence-electron chi connectivity index (χ0n) is 23.7. The molecule has 222 valence electrons. The summed E-state index contributed by atoms with van der Waals surface area (Å²) in [7, 11) is 0. The van der Waals surface area contributed by atoms with Crippen LogP contribution in [0.3, 0.4) is 0 Å². The summed E-state index contributed by atoms with van der Waals surface area (Å²) in [5, 5.41) is 20.9. The minimum Gasteiger partial charge on any atom is -0.392 e. The number of amides is 2. The number of anilines is 1. The number of unbranched alkanes of at least 4 members (excludes halogenated alkanes) is 1. The molecular weight excluding hydrogens is 522 g/mol. The monoisotopic (exact) mass is 565 g/mol. The Morgan fingerprint density at radius 3 is 2.24 bits per heavy atom. The van der Waals surface area contributed by atoms with Crippen LogP contribution in [0, 0.1) is 0 Å². The number of hydrogen-bond donors (Lipinski definition) is 4. The molecule has 1 saturated heterocycles. The number of hydrogen-bond acceptors (Lipinski definition) is 7. The van der Waals surface area contributed by atoms with E-state index in [1.54, 1.807) is 5.48 Å². The number of hydroxylamine groups is 1. The van der Waals surface area contributed by atoms with Gasteiger partial charge in [0.25, 0.3) is 0 Å². The Kier molecular flexibility index (Phi) is 11.9. The highest BCUT2D eigenvalue weighted by Gasteiger charge is 2.34. The molecule has 4 N–H and O–H groups in total. The summed E-state index contributed by atoms with van der Waals surface area (Å²) >= 11 is 0. The average Bonchev–Trinajstić information content (AvgIpc) is 3.54. The van der Waals surface area contributed by atoms with Gasteiger partial charge >= 0.3 is 0 Å². The summed E-state index contributed by atoms with van der Waals surface area (Å²) in [6.45, 7) is 5.62. The van der Waals surface area contributed by atoms with E-state index in [4.69, 9.17) is 14.7 Å². The first-order valence-electron chi connectivity index (χ1n) is 14.7. The Balaban J connectivity index is 1.42. The third kappa shape index (κ3) is 9.21. The molecule has 2 aromatic carbocycles. The van der Waals surface area contributed by atoms with Crippen LogP contribution in [-0.2, 0) is 25.7 Å². The molecule has 4 rings (SSSR count). The molecule has 2 aromatic rings. The lowest BCUT2D eigenvalue weighted by Gasteiger charge is -2.39. The van der Waals surface area contributed by atoms with E-state index in [0.717, 1.165) is 36.2 Å². The van der Waals surface area contributed by atoms with Gasteiger partial charge in [-0.25, -0.2) is 5.48 Å². The number of rotatable bonds is 14. The molecule has 0 aromatic heterocycles. The number of nitrogens with zero attached hydrogens (tertiary/aromatic N) is 1. The second kappa shape index (κ2) is 15.8. The smallest absolute Gasteiger partial charge is 0.243 e. The van der Waals surface area contributed by atoms with Crippen LogP contribution in [0.4, 0.5) is 5.69 Å². The maximum absolute atomic E-state index is 12.3. The van der Waals surface area contributed by atoms with Crippen molar-refractivity contribution in [3.05, 3.63) is 77.9 Å². The van der Waals surface area contributed by atoms with Crippen LogP contribution in [0.25, 0.3) is 0 Å². The second-order valence-electron chi connectivity index (χ2n) is 10.9. The quantitative estimate of drug-likeness (QED) is 0.108. The van der Waals surface area contributed by atoms with Crippen molar-refractivity contribution in [1.82, 2.24) is 10.4 Å². The number of ether oxygens (including phenoxy) is 2. The van der Waals surface area contributed by atoms with Gasteiger partial charge in [-0.15, -0.1) is 6.58 Å². The van der Waals surface area contributed by atoms with Crippen LogP contribution >= 0.6 is 0 Å². The van der Waals surface area contributed by atoms with Gasteiger partial charge in [-0.1, -0.05) is 55.3 Å². The molecule has 2 fully saturated rings. The number of aliphatic hydroxyl groups excluding tert-OH is 1. The van der Waals surface area contributed by atoms with E-state index in [0.29, 0.717) is 24.6 Å². The van der Waals surface area contributed by atoms with Crippen LogP contribution in [0.2, 0.25) is 0 Å². The SMILES string of the molecule is C=CCN(C[C@H]1C[C@@H](c2ccc(CO)cc2)O[C@@H](c2ccc(NC(=O)CCCCC(=O)NO)cc2)O1)C1CCCC1. The van der Waals surface area contributed by atoms with Gasteiger partial charge in [0.1, 0.15) is 0 Å². The van der Waals surface area contributed by atoms with Gasteiger partial charge in [-0.3, -0.25) is 19.7 Å². The maximum atomic E-state index is 12.3. The summed E-state index contributed by atoms with van der Waals surface area (Å²) in [6, 6.07) is 16.0. The normalized spacial score (nSPS) is 21.1. The number of nitrogens with one attached hydrogen (secondary N) is 2. The first kappa shape index (κ1) is 30.9. The van der Waals surface area contributed by atoms with Gasteiger partial charge in [-0.05, 0) is 48.9 Å². The molecule has 9 nitrogen and oxygen atoms in total. The third-order valence-corrected chi connectivity index (χ3v) is 7.91. The molecular formula is C32H43N3O6. The lowest BCUT2D eigenvalue weighted by atomic mass is 9.99. The van der Waals surface area contributed by atoms with Crippen LogP contribution in [0.1, 0.15) is 86.9 Å². The van der Waals surface area contributed by atoms with Crippen molar-refractivity contribution < 1.29 is 29.4 Å². The van der Waals surface area contributed by atoms with Crippen molar-refractivity contribution in [3.63, 3.8) is 0 Å². The van der Waals surface area contributed by atoms with Crippen molar-refractivity contribution in [2.75, 3.05) is 18.4 Å². The van der Waals surface area contributed by atoms with E-state index in [1.807, 2.05) is 54.6 Å². The fraction of sp³-hybridized carbons (Fsp3) is 0.500.